The molecule has 0 saturated carbocycles. The fourth-order valence-electron chi connectivity index (χ4n) is 11.2. The molecule has 0 spiro atoms. The number of allylic oxidation sites excluding steroid dienone is 2. The van der Waals surface area contributed by atoms with Crippen molar-refractivity contribution in [3.8, 4) is 55.9 Å². The minimum atomic E-state index is -0.339. The van der Waals surface area contributed by atoms with Crippen LogP contribution in [0.4, 0.5) is 0 Å². The Hall–Kier alpha value is -9.58. The molecule has 2 aliphatic rings. The first kappa shape index (κ1) is 43.2. The minimum Gasteiger partial charge on any atom is -0.344 e. The Morgan fingerprint density at radius 3 is 1.41 bits per heavy atom. The van der Waals surface area contributed by atoms with E-state index in [-0.39, 0.29) is 6.17 Å². The molecular weight excluding hydrogens is 899 g/mol. The smallest absolute Gasteiger partial charge is 0.159 e. The fourth-order valence-corrected chi connectivity index (χ4v) is 11.2. The van der Waals surface area contributed by atoms with E-state index in [1.54, 1.807) is 0 Å². The summed E-state index contributed by atoms with van der Waals surface area (Å²) in [4.78, 5) is 10.7. The number of benzene rings is 10. The van der Waals surface area contributed by atoms with Crippen molar-refractivity contribution in [2.45, 2.75) is 19.0 Å². The molecule has 3 heterocycles. The molecule has 1 aliphatic carbocycles. The molecule has 5 heteroatoms. The van der Waals surface area contributed by atoms with Crippen LogP contribution in [0, 0.1) is 0 Å². The molecule has 12 aromatic rings. The van der Waals surface area contributed by atoms with Crippen molar-refractivity contribution in [1.82, 2.24) is 14.5 Å². The second-order valence-corrected chi connectivity index (χ2v) is 19.2. The topological polar surface area (TPSA) is 46.6 Å². The van der Waals surface area contributed by atoms with Gasteiger partial charge in [0.05, 0.1) is 27.8 Å². The van der Waals surface area contributed by atoms with Gasteiger partial charge >= 0.3 is 0 Å². The van der Waals surface area contributed by atoms with Gasteiger partial charge in [0.25, 0.3) is 0 Å². The molecule has 1 atom stereocenters. The Kier molecular flexibility index (Phi) is 10.7. The second-order valence-electron chi connectivity index (χ2n) is 19.2. The number of amidine groups is 2. The number of nitrogens with one attached hydrogen (secondary N) is 1. The van der Waals surface area contributed by atoms with Gasteiger partial charge in [0.15, 0.2) is 5.84 Å². The molecule has 0 radical (unpaired) electrons. The third-order valence-corrected chi connectivity index (χ3v) is 14.8. The molecule has 0 amide bonds. The standard InChI is InChI=1S/C69H49N5/c1-5-19-46(20-6-1)48-33-37-50(38-34-48)60-43-54(69-71-67(52-23-9-3-10-24-52)70-68(72-69)53-25-11-4-12-26-53)44-61(51-39-35-49(36-40-51)47-21-7-2-8-22-47)66(60)74-64-32-18-15-29-58(64)59-42-41-55(45-65(59)74)73-62-30-16-13-27-56(62)57-28-14-17-31-63(57)73/h1-3,5-11,13-45,67H,4,12H2,(H,70,71,72). The van der Waals surface area contributed by atoms with Gasteiger partial charge in [0.2, 0.25) is 0 Å². The predicted molar refractivity (Wildman–Crippen MR) is 310 cm³/mol. The van der Waals surface area contributed by atoms with Crippen molar-refractivity contribution in [3.63, 3.8) is 0 Å². The third-order valence-electron chi connectivity index (χ3n) is 14.8. The molecule has 1 aliphatic heterocycles. The first-order valence-electron chi connectivity index (χ1n) is 25.6. The molecule has 0 bridgehead atoms. The average molecular weight is 948 g/mol. The molecule has 10 aromatic carbocycles. The zero-order valence-corrected chi connectivity index (χ0v) is 40.6. The predicted octanol–water partition coefficient (Wildman–Crippen LogP) is 17.3. The lowest BCUT2D eigenvalue weighted by molar-refractivity contribution is 0.674. The lowest BCUT2D eigenvalue weighted by atomic mass is 9.90. The molecule has 2 aromatic heterocycles. The van der Waals surface area contributed by atoms with Crippen molar-refractivity contribution < 1.29 is 0 Å². The summed E-state index contributed by atoms with van der Waals surface area (Å²) in [6.45, 7) is 0. The fraction of sp³-hybridized carbons (Fsp3) is 0.0435. The van der Waals surface area contributed by atoms with Crippen LogP contribution in [0.1, 0.15) is 30.1 Å². The normalized spacial score (nSPS) is 14.5. The van der Waals surface area contributed by atoms with E-state index in [9.17, 15) is 0 Å². The summed E-state index contributed by atoms with van der Waals surface area (Å²) in [6, 6.07) is 88.1. The molecule has 74 heavy (non-hydrogen) atoms. The molecule has 1 unspecified atom stereocenters. The maximum Gasteiger partial charge on any atom is 0.159 e. The zero-order valence-electron chi connectivity index (χ0n) is 40.6. The van der Waals surface area contributed by atoms with Gasteiger partial charge in [-0.15, -0.1) is 0 Å². The Morgan fingerprint density at radius 2 is 0.865 bits per heavy atom. The maximum absolute atomic E-state index is 5.44. The molecule has 1 N–H and O–H groups in total. The van der Waals surface area contributed by atoms with E-state index >= 15 is 0 Å². The summed E-state index contributed by atoms with van der Waals surface area (Å²) < 4.78 is 4.95. The summed E-state index contributed by atoms with van der Waals surface area (Å²) in [5.41, 5.74) is 18.9. The van der Waals surface area contributed by atoms with E-state index in [0.29, 0.717) is 0 Å². The Labute approximate surface area is 430 Å². The van der Waals surface area contributed by atoms with E-state index in [1.165, 1.54) is 43.7 Å². The highest BCUT2D eigenvalue weighted by Gasteiger charge is 2.27. The van der Waals surface area contributed by atoms with Crippen molar-refractivity contribution in [1.29, 1.82) is 0 Å². The Balaban J connectivity index is 1.07. The summed E-state index contributed by atoms with van der Waals surface area (Å²) in [5.74, 6) is 1.51. The van der Waals surface area contributed by atoms with Crippen LogP contribution >= 0.6 is 0 Å². The second kappa shape index (κ2) is 18.2. The lowest BCUT2D eigenvalue weighted by Gasteiger charge is -2.26. The molecule has 0 saturated heterocycles. The van der Waals surface area contributed by atoms with Gasteiger partial charge < -0.3 is 14.5 Å². The van der Waals surface area contributed by atoms with Crippen molar-refractivity contribution in [2.75, 3.05) is 0 Å². The number of aliphatic imine (C=N–C) groups is 2. The zero-order chi connectivity index (χ0) is 49.0. The van der Waals surface area contributed by atoms with Gasteiger partial charge in [0.1, 0.15) is 12.0 Å². The SMILES string of the molecule is C1=CC(C2=NC(c3ccccc3)NC(c3cc(-c4ccc(-c5ccccc5)cc4)c(-n4c5ccccc5c5ccc(-n6c7ccccc7c7ccccc76)cc54)c(-c4ccc(-c5ccccc5)cc4)c3)=N2)=CCC1. The number of hydrogen-bond donors (Lipinski definition) is 1. The lowest BCUT2D eigenvalue weighted by Crippen LogP contribution is -2.33. The summed E-state index contributed by atoms with van der Waals surface area (Å²) >= 11 is 0. The van der Waals surface area contributed by atoms with Crippen LogP contribution < -0.4 is 5.32 Å². The summed E-state index contributed by atoms with van der Waals surface area (Å²) in [5, 5.41) is 8.69. The number of rotatable bonds is 9. The Bertz CT molecular complexity index is 4070. The molecule has 350 valence electrons. The first-order chi connectivity index (χ1) is 36.7. The highest BCUT2D eigenvalue weighted by atomic mass is 15.2. The van der Waals surface area contributed by atoms with Crippen LogP contribution in [0.3, 0.4) is 0 Å². The van der Waals surface area contributed by atoms with Gasteiger partial charge in [-0.1, -0.05) is 218 Å². The van der Waals surface area contributed by atoms with Crippen LogP contribution in [0.5, 0.6) is 0 Å². The molecule has 0 fully saturated rings. The summed E-state index contributed by atoms with van der Waals surface area (Å²) in [7, 11) is 0. The molecular formula is C69H49N5. The quantitative estimate of drug-likeness (QED) is 0.154. The van der Waals surface area contributed by atoms with E-state index < -0.39 is 0 Å². The van der Waals surface area contributed by atoms with Crippen LogP contribution in [-0.4, -0.2) is 20.8 Å². The van der Waals surface area contributed by atoms with Gasteiger partial charge in [-0.25, -0.2) is 9.98 Å². The van der Waals surface area contributed by atoms with Crippen molar-refractivity contribution >= 4 is 55.3 Å². The molecule has 5 nitrogen and oxygen atoms in total. The van der Waals surface area contributed by atoms with Gasteiger partial charge in [-0.3, -0.25) is 0 Å². The Morgan fingerprint density at radius 1 is 0.392 bits per heavy atom. The van der Waals surface area contributed by atoms with Crippen LogP contribution in [0.25, 0.3) is 99.5 Å². The van der Waals surface area contributed by atoms with E-state index in [2.05, 4.69) is 275 Å². The van der Waals surface area contributed by atoms with Crippen molar-refractivity contribution in [3.05, 3.63) is 278 Å². The number of aromatic nitrogens is 2. The average Bonchev–Trinajstić information content (AvgIpc) is 4.00. The molecule has 14 rings (SSSR count). The maximum atomic E-state index is 5.44. The monoisotopic (exact) mass is 947 g/mol. The van der Waals surface area contributed by atoms with Crippen LogP contribution in [0.15, 0.2) is 276 Å². The minimum absolute atomic E-state index is 0.339. The van der Waals surface area contributed by atoms with Gasteiger partial charge in [0, 0.05) is 49.5 Å². The largest absolute Gasteiger partial charge is 0.344 e. The highest BCUT2D eigenvalue weighted by Crippen LogP contribution is 2.44. The van der Waals surface area contributed by atoms with E-state index in [0.717, 1.165) is 97.0 Å². The van der Waals surface area contributed by atoms with E-state index in [1.807, 2.05) is 0 Å². The number of para-hydroxylation sites is 3. The van der Waals surface area contributed by atoms with Gasteiger partial charge in [-0.05, 0) is 94.3 Å². The number of hydrogen-bond acceptors (Lipinski definition) is 3. The van der Waals surface area contributed by atoms with Crippen LogP contribution in [0.2, 0.25) is 0 Å². The summed E-state index contributed by atoms with van der Waals surface area (Å²) in [6.07, 6.45) is 8.30. The van der Waals surface area contributed by atoms with Crippen LogP contribution in [-0.2, 0) is 0 Å². The van der Waals surface area contributed by atoms with Gasteiger partial charge in [-0.2, -0.15) is 0 Å². The number of fused-ring (bicyclic) bond motifs is 6. The third kappa shape index (κ3) is 7.57. The number of nitrogens with zero attached hydrogens (tertiary/aromatic N) is 4. The van der Waals surface area contributed by atoms with Crippen molar-refractivity contribution in [2.24, 2.45) is 9.98 Å². The first-order valence-corrected chi connectivity index (χ1v) is 25.6. The van der Waals surface area contributed by atoms with E-state index in [4.69, 9.17) is 9.98 Å². The highest BCUT2D eigenvalue weighted by molar-refractivity contribution is 6.16.